The van der Waals surface area contributed by atoms with Crippen LogP contribution in [0.25, 0.3) is 0 Å². The van der Waals surface area contributed by atoms with Crippen molar-refractivity contribution in [3.8, 4) is 0 Å². The van der Waals surface area contributed by atoms with Gasteiger partial charge in [-0.25, -0.2) is 4.79 Å². The first-order chi connectivity index (χ1) is 7.45. The first kappa shape index (κ1) is 12.2. The van der Waals surface area contributed by atoms with Gasteiger partial charge in [0.25, 0.3) is 0 Å². The van der Waals surface area contributed by atoms with Gasteiger partial charge in [0, 0.05) is 24.8 Å². The van der Waals surface area contributed by atoms with Gasteiger partial charge in [0.05, 0.1) is 13.5 Å². The third kappa shape index (κ3) is 2.57. The molecule has 0 aromatic carbocycles. The largest absolute Gasteiger partial charge is 0.481 e. The van der Waals surface area contributed by atoms with Gasteiger partial charge in [-0.2, -0.15) is 5.10 Å². The molecular formula is C9H13N3O4. The lowest BCUT2D eigenvalue weighted by molar-refractivity contribution is -0.137. The number of methoxy groups -OCH3 is 1. The predicted molar refractivity (Wildman–Crippen MR) is 53.7 cm³/mol. The summed E-state index contributed by atoms with van der Waals surface area (Å²) in [5.41, 5.74) is 6.09. The zero-order chi connectivity index (χ0) is 12.3. The topological polar surface area (TPSA) is 107 Å². The summed E-state index contributed by atoms with van der Waals surface area (Å²) in [6.07, 6.45) is 1.25. The molecule has 1 atom stereocenters. The number of esters is 1. The standard InChI is InChI=1S/C9H13N3O4/c1-12-4-5(6(10)3-7(13)14)8(11-12)9(15)16-2/h4,6H,3,10H2,1-2H3,(H,13,14). The molecule has 88 valence electrons. The molecule has 1 aromatic heterocycles. The second-order valence-corrected chi connectivity index (χ2v) is 3.30. The van der Waals surface area contributed by atoms with E-state index in [-0.39, 0.29) is 12.1 Å². The van der Waals surface area contributed by atoms with E-state index in [1.807, 2.05) is 0 Å². The minimum Gasteiger partial charge on any atom is -0.481 e. The molecule has 0 fully saturated rings. The highest BCUT2D eigenvalue weighted by atomic mass is 16.5. The van der Waals surface area contributed by atoms with Crippen molar-refractivity contribution >= 4 is 11.9 Å². The molecule has 7 heteroatoms. The Labute approximate surface area is 91.8 Å². The van der Waals surface area contributed by atoms with Crippen LogP contribution < -0.4 is 5.73 Å². The number of hydrogen-bond acceptors (Lipinski definition) is 5. The molecule has 0 saturated heterocycles. The molecule has 1 unspecified atom stereocenters. The SMILES string of the molecule is COC(=O)c1nn(C)cc1C(N)CC(=O)O. The van der Waals surface area contributed by atoms with Crippen LogP contribution in [0.1, 0.15) is 28.5 Å². The molecule has 3 N–H and O–H groups in total. The Bertz CT molecular complexity index is 413. The highest BCUT2D eigenvalue weighted by Gasteiger charge is 2.22. The fourth-order valence-corrected chi connectivity index (χ4v) is 1.33. The van der Waals surface area contributed by atoms with Crippen LogP contribution in [0.5, 0.6) is 0 Å². The van der Waals surface area contributed by atoms with Crippen molar-refractivity contribution in [1.29, 1.82) is 0 Å². The van der Waals surface area contributed by atoms with Crippen molar-refractivity contribution in [1.82, 2.24) is 9.78 Å². The van der Waals surface area contributed by atoms with E-state index in [4.69, 9.17) is 10.8 Å². The minimum absolute atomic E-state index is 0.0544. The monoisotopic (exact) mass is 227 g/mol. The number of hydrogen-bond donors (Lipinski definition) is 2. The second kappa shape index (κ2) is 4.75. The molecule has 0 aliphatic heterocycles. The molecule has 0 radical (unpaired) electrons. The highest BCUT2D eigenvalue weighted by Crippen LogP contribution is 2.18. The third-order valence-electron chi connectivity index (χ3n) is 2.03. The molecule has 0 aliphatic carbocycles. The lowest BCUT2D eigenvalue weighted by Gasteiger charge is -2.07. The summed E-state index contributed by atoms with van der Waals surface area (Å²) >= 11 is 0. The number of aliphatic carboxylic acids is 1. The molecular weight excluding hydrogens is 214 g/mol. The first-order valence-corrected chi connectivity index (χ1v) is 4.55. The number of carboxylic acids is 1. The van der Waals surface area contributed by atoms with Crippen LogP contribution >= 0.6 is 0 Å². The first-order valence-electron chi connectivity index (χ1n) is 4.55. The van der Waals surface area contributed by atoms with Crippen LogP contribution in [0, 0.1) is 0 Å². The number of carbonyl (C=O) groups excluding carboxylic acids is 1. The maximum atomic E-state index is 11.3. The molecule has 1 rings (SSSR count). The van der Waals surface area contributed by atoms with Gasteiger partial charge >= 0.3 is 11.9 Å². The average Bonchev–Trinajstić information content (AvgIpc) is 2.58. The zero-order valence-electron chi connectivity index (χ0n) is 9.01. The average molecular weight is 227 g/mol. The number of ether oxygens (including phenoxy) is 1. The Morgan fingerprint density at radius 3 is 2.81 bits per heavy atom. The van der Waals surface area contributed by atoms with Crippen LogP contribution in [0.15, 0.2) is 6.20 Å². The van der Waals surface area contributed by atoms with E-state index in [1.165, 1.54) is 18.0 Å². The Hall–Kier alpha value is -1.89. The summed E-state index contributed by atoms with van der Waals surface area (Å²) in [5.74, 6) is -1.66. The van der Waals surface area contributed by atoms with E-state index in [9.17, 15) is 9.59 Å². The fourth-order valence-electron chi connectivity index (χ4n) is 1.33. The molecule has 1 aromatic rings. The number of aromatic nitrogens is 2. The van der Waals surface area contributed by atoms with Crippen molar-refractivity contribution in [2.45, 2.75) is 12.5 Å². The summed E-state index contributed by atoms with van der Waals surface area (Å²) in [6, 6.07) is -0.778. The zero-order valence-corrected chi connectivity index (χ0v) is 9.01. The number of rotatable bonds is 4. The molecule has 0 amide bonds. The van der Waals surface area contributed by atoms with E-state index in [0.717, 1.165) is 0 Å². The second-order valence-electron chi connectivity index (χ2n) is 3.30. The molecule has 1 heterocycles. The normalized spacial score (nSPS) is 12.2. The number of carbonyl (C=O) groups is 2. The molecule has 16 heavy (non-hydrogen) atoms. The van der Waals surface area contributed by atoms with Crippen molar-refractivity contribution in [3.05, 3.63) is 17.5 Å². The van der Waals surface area contributed by atoms with Crippen LogP contribution in [0.2, 0.25) is 0 Å². The quantitative estimate of drug-likeness (QED) is 0.682. The van der Waals surface area contributed by atoms with E-state index in [0.29, 0.717) is 5.56 Å². The van der Waals surface area contributed by atoms with E-state index >= 15 is 0 Å². The molecule has 0 aliphatic rings. The summed E-state index contributed by atoms with van der Waals surface area (Å²) in [4.78, 5) is 21.9. The molecule has 0 spiro atoms. The van der Waals surface area contributed by atoms with Crippen molar-refractivity contribution < 1.29 is 19.4 Å². The highest BCUT2D eigenvalue weighted by molar-refractivity contribution is 5.89. The summed E-state index contributed by atoms with van der Waals surface area (Å²) in [5, 5.41) is 12.5. The lowest BCUT2D eigenvalue weighted by Crippen LogP contribution is -2.18. The predicted octanol–water partition coefficient (Wildman–Crippen LogP) is -0.319. The molecule has 0 saturated carbocycles. The number of carboxylic acid groups (broad SMARTS) is 1. The van der Waals surface area contributed by atoms with Gasteiger partial charge in [-0.05, 0) is 0 Å². The van der Waals surface area contributed by atoms with E-state index < -0.39 is 18.0 Å². The maximum absolute atomic E-state index is 11.3. The Balaban J connectivity index is 3.02. The molecule has 7 nitrogen and oxygen atoms in total. The third-order valence-corrected chi connectivity index (χ3v) is 2.03. The van der Waals surface area contributed by atoms with Gasteiger partial charge in [0.1, 0.15) is 0 Å². The van der Waals surface area contributed by atoms with Crippen molar-refractivity contribution in [2.24, 2.45) is 12.8 Å². The Morgan fingerprint density at radius 1 is 1.69 bits per heavy atom. The minimum atomic E-state index is -1.04. The van der Waals surface area contributed by atoms with Crippen molar-refractivity contribution in [3.63, 3.8) is 0 Å². The van der Waals surface area contributed by atoms with Gasteiger partial charge < -0.3 is 15.6 Å². The van der Waals surface area contributed by atoms with Gasteiger partial charge in [-0.1, -0.05) is 0 Å². The fraction of sp³-hybridized carbons (Fsp3) is 0.444. The number of nitrogens with two attached hydrogens (primary N) is 1. The Morgan fingerprint density at radius 2 is 2.31 bits per heavy atom. The van der Waals surface area contributed by atoms with Gasteiger partial charge in [0.2, 0.25) is 0 Å². The van der Waals surface area contributed by atoms with Crippen molar-refractivity contribution in [2.75, 3.05) is 7.11 Å². The summed E-state index contributed by atoms with van der Waals surface area (Å²) in [7, 11) is 2.84. The maximum Gasteiger partial charge on any atom is 0.358 e. The van der Waals surface area contributed by atoms with Gasteiger partial charge in [-0.3, -0.25) is 9.48 Å². The lowest BCUT2D eigenvalue weighted by atomic mass is 10.1. The van der Waals surface area contributed by atoms with Crippen LogP contribution in [0.3, 0.4) is 0 Å². The van der Waals surface area contributed by atoms with Gasteiger partial charge in [-0.15, -0.1) is 0 Å². The van der Waals surface area contributed by atoms with Crippen LogP contribution in [0.4, 0.5) is 0 Å². The Kier molecular flexibility index (Phi) is 3.62. The molecule has 0 bridgehead atoms. The smallest absolute Gasteiger partial charge is 0.358 e. The number of aryl methyl sites for hydroxylation is 1. The van der Waals surface area contributed by atoms with Crippen LogP contribution in [-0.4, -0.2) is 33.9 Å². The van der Waals surface area contributed by atoms with Crippen LogP contribution in [-0.2, 0) is 16.6 Å². The van der Waals surface area contributed by atoms with Gasteiger partial charge in [0.15, 0.2) is 5.69 Å². The van der Waals surface area contributed by atoms with E-state index in [1.54, 1.807) is 7.05 Å². The summed E-state index contributed by atoms with van der Waals surface area (Å²) < 4.78 is 5.92. The van der Waals surface area contributed by atoms with E-state index in [2.05, 4.69) is 9.84 Å². The summed E-state index contributed by atoms with van der Waals surface area (Å²) in [6.45, 7) is 0. The number of nitrogens with zero attached hydrogens (tertiary/aromatic N) is 2.